The highest BCUT2D eigenvalue weighted by molar-refractivity contribution is 8.01. The summed E-state index contributed by atoms with van der Waals surface area (Å²) in [7, 11) is 1.26. The molecule has 0 spiro atoms. The molecule has 0 bridgehead atoms. The van der Waals surface area contributed by atoms with Crippen LogP contribution in [0.1, 0.15) is 5.69 Å². The van der Waals surface area contributed by atoms with Gasteiger partial charge >= 0.3 is 5.97 Å². The standard InChI is InChI=1S/C18H18N8O6S3/c1-32-25-10(7-5-35-18(20)21-7)13(28)24-11-14(29)26-12(16(30)31)6(4-34-15(11)26)3-33-9-2-8(27)22-17(19)23-9/h2,5,11,15H,3-4H2,1H3,(H2,20,21)(H,24,28)(H,30,31)(H3,19,22,23,27)/t11-,15+/m1/s1. The normalized spacial score (nSPS) is 19.7. The number of carboxylic acid groups (broad SMARTS) is 1. The van der Waals surface area contributed by atoms with Gasteiger partial charge < -0.3 is 26.7 Å². The number of anilines is 2. The number of nitrogens with two attached hydrogens (primary N) is 2. The van der Waals surface area contributed by atoms with Gasteiger partial charge in [-0.2, -0.15) is 0 Å². The van der Waals surface area contributed by atoms with Crippen molar-refractivity contribution in [3.8, 4) is 0 Å². The van der Waals surface area contributed by atoms with Crippen LogP contribution in [0.2, 0.25) is 0 Å². The first kappa shape index (κ1) is 24.6. The highest BCUT2D eigenvalue weighted by Gasteiger charge is 2.54. The summed E-state index contributed by atoms with van der Waals surface area (Å²) in [6.45, 7) is 0. The van der Waals surface area contributed by atoms with Crippen LogP contribution < -0.4 is 22.3 Å². The van der Waals surface area contributed by atoms with Gasteiger partial charge in [-0.1, -0.05) is 5.16 Å². The zero-order valence-corrected chi connectivity index (χ0v) is 20.3. The number of fused-ring (bicyclic) bond motifs is 1. The first-order valence-electron chi connectivity index (χ1n) is 9.72. The van der Waals surface area contributed by atoms with Crippen molar-refractivity contribution in [3.05, 3.63) is 38.8 Å². The number of aromatic nitrogens is 3. The van der Waals surface area contributed by atoms with Crippen molar-refractivity contribution >= 4 is 69.4 Å². The summed E-state index contributed by atoms with van der Waals surface area (Å²) in [5.41, 5.74) is 11.1. The molecule has 2 atom stereocenters. The van der Waals surface area contributed by atoms with Crippen LogP contribution in [-0.4, -0.2) is 78.5 Å². The van der Waals surface area contributed by atoms with E-state index in [1.165, 1.54) is 30.3 Å². The molecule has 35 heavy (non-hydrogen) atoms. The number of aliphatic carboxylic acids is 1. The molecule has 184 valence electrons. The number of hydrogen-bond acceptors (Lipinski definition) is 13. The van der Waals surface area contributed by atoms with Crippen LogP contribution in [0.4, 0.5) is 11.1 Å². The predicted molar refractivity (Wildman–Crippen MR) is 130 cm³/mol. The number of carboxylic acids is 1. The van der Waals surface area contributed by atoms with E-state index in [1.807, 2.05) is 0 Å². The van der Waals surface area contributed by atoms with Gasteiger partial charge in [0.1, 0.15) is 34.9 Å². The summed E-state index contributed by atoms with van der Waals surface area (Å²) >= 11 is 3.54. The van der Waals surface area contributed by atoms with Crippen molar-refractivity contribution in [1.29, 1.82) is 0 Å². The molecule has 2 amide bonds. The number of β-lactam (4-membered cyclic amide) rings is 1. The Bertz CT molecular complexity index is 1320. The maximum absolute atomic E-state index is 12.9. The second kappa shape index (κ2) is 9.96. The number of carbonyl (C=O) groups excluding carboxylic acids is 2. The molecule has 0 aromatic carbocycles. The number of rotatable bonds is 8. The average molecular weight is 539 g/mol. The molecular weight excluding hydrogens is 520 g/mol. The molecule has 7 N–H and O–H groups in total. The van der Waals surface area contributed by atoms with E-state index < -0.39 is 34.8 Å². The van der Waals surface area contributed by atoms with Crippen LogP contribution in [0.5, 0.6) is 0 Å². The molecule has 4 heterocycles. The maximum Gasteiger partial charge on any atom is 0.352 e. The molecule has 0 unspecified atom stereocenters. The van der Waals surface area contributed by atoms with E-state index in [0.29, 0.717) is 10.6 Å². The number of carbonyl (C=O) groups is 3. The van der Waals surface area contributed by atoms with E-state index in [-0.39, 0.29) is 39.7 Å². The number of nitrogens with zero attached hydrogens (tertiary/aromatic N) is 4. The van der Waals surface area contributed by atoms with Gasteiger partial charge in [-0.05, 0) is 5.57 Å². The van der Waals surface area contributed by atoms with Crippen LogP contribution in [0, 0.1) is 0 Å². The number of aromatic amines is 1. The van der Waals surface area contributed by atoms with Crippen LogP contribution in [0.3, 0.4) is 0 Å². The van der Waals surface area contributed by atoms with E-state index >= 15 is 0 Å². The molecule has 2 aromatic rings. The van der Waals surface area contributed by atoms with Gasteiger partial charge in [0.15, 0.2) is 10.8 Å². The third kappa shape index (κ3) is 4.96. The largest absolute Gasteiger partial charge is 0.477 e. The smallest absolute Gasteiger partial charge is 0.352 e. The fraction of sp³-hybridized carbons (Fsp3) is 0.278. The quantitative estimate of drug-likeness (QED) is 0.0923. The summed E-state index contributed by atoms with van der Waals surface area (Å²) in [6.07, 6.45) is 0. The Morgan fingerprint density at radius 2 is 2.17 bits per heavy atom. The van der Waals surface area contributed by atoms with E-state index in [4.69, 9.17) is 16.3 Å². The summed E-state index contributed by atoms with van der Waals surface area (Å²) in [4.78, 5) is 65.5. The van der Waals surface area contributed by atoms with Crippen molar-refractivity contribution in [2.45, 2.75) is 16.4 Å². The lowest BCUT2D eigenvalue weighted by Crippen LogP contribution is -2.71. The van der Waals surface area contributed by atoms with Crippen molar-refractivity contribution in [2.75, 3.05) is 30.1 Å². The Morgan fingerprint density at radius 3 is 2.80 bits per heavy atom. The lowest BCUT2D eigenvalue weighted by Gasteiger charge is -2.49. The number of amides is 2. The topological polar surface area (TPSA) is 219 Å². The molecule has 4 rings (SSSR count). The molecule has 0 radical (unpaired) electrons. The fourth-order valence-electron chi connectivity index (χ4n) is 3.38. The van der Waals surface area contributed by atoms with E-state index in [2.05, 4.69) is 25.4 Å². The first-order valence-corrected chi connectivity index (χ1v) is 12.6. The highest BCUT2D eigenvalue weighted by Crippen LogP contribution is 2.41. The van der Waals surface area contributed by atoms with Gasteiger partial charge in [-0.15, -0.1) is 34.9 Å². The maximum atomic E-state index is 12.9. The Morgan fingerprint density at radius 1 is 1.40 bits per heavy atom. The van der Waals surface area contributed by atoms with Crippen LogP contribution >= 0.6 is 34.9 Å². The van der Waals surface area contributed by atoms with E-state index in [9.17, 15) is 24.3 Å². The average Bonchev–Trinajstić information content (AvgIpc) is 3.23. The SMILES string of the molecule is CON=C(C(=O)N[C@@H]1C(=O)N2C(C(=O)O)=C(CSc3cc(=O)[nH]c(N)n3)CS[C@@H]12)c1csc(N)n1. The highest BCUT2D eigenvalue weighted by atomic mass is 32.2. The zero-order chi connectivity index (χ0) is 25.3. The fourth-order valence-corrected chi connectivity index (χ4v) is 6.32. The lowest BCUT2D eigenvalue weighted by molar-refractivity contribution is -0.150. The predicted octanol–water partition coefficient (Wildman–Crippen LogP) is -0.728. The number of thioether (sulfide) groups is 2. The second-order valence-electron chi connectivity index (χ2n) is 7.07. The minimum absolute atomic E-state index is 0.0567. The molecule has 2 aliphatic heterocycles. The molecule has 14 nitrogen and oxygen atoms in total. The minimum atomic E-state index is -1.28. The van der Waals surface area contributed by atoms with Crippen molar-refractivity contribution < 1.29 is 24.3 Å². The summed E-state index contributed by atoms with van der Waals surface area (Å²) in [5, 5.41) is 17.5. The van der Waals surface area contributed by atoms with Gasteiger partial charge in [0.2, 0.25) is 5.95 Å². The second-order valence-corrected chi connectivity index (χ2v) is 10.1. The van der Waals surface area contributed by atoms with Gasteiger partial charge in [0.25, 0.3) is 17.4 Å². The van der Waals surface area contributed by atoms with Crippen molar-refractivity contribution in [3.63, 3.8) is 0 Å². The Balaban J connectivity index is 1.50. The Hall–Kier alpha value is -3.57. The number of nitrogen functional groups attached to an aromatic ring is 2. The molecule has 17 heteroatoms. The van der Waals surface area contributed by atoms with Gasteiger partial charge in [-0.3, -0.25) is 24.3 Å². The van der Waals surface area contributed by atoms with Crippen LogP contribution in [0.15, 0.2) is 37.7 Å². The third-order valence-corrected chi connectivity index (χ3v) is 7.84. The van der Waals surface area contributed by atoms with Gasteiger partial charge in [-0.25, -0.2) is 14.8 Å². The summed E-state index contributed by atoms with van der Waals surface area (Å²) in [5.74, 6) is -2.16. The number of hydrogen-bond donors (Lipinski definition) is 5. The lowest BCUT2D eigenvalue weighted by atomic mass is 10.0. The zero-order valence-electron chi connectivity index (χ0n) is 17.9. The molecule has 1 fully saturated rings. The number of oxime groups is 1. The van der Waals surface area contributed by atoms with Gasteiger partial charge in [0.05, 0.1) is 0 Å². The third-order valence-electron chi connectivity index (χ3n) is 4.83. The molecule has 0 saturated carbocycles. The van der Waals surface area contributed by atoms with Crippen molar-refractivity contribution in [2.24, 2.45) is 5.16 Å². The monoisotopic (exact) mass is 538 g/mol. The Kier molecular flexibility index (Phi) is 6.99. The first-order chi connectivity index (χ1) is 16.7. The number of H-pyrrole nitrogens is 1. The minimum Gasteiger partial charge on any atom is -0.477 e. The van der Waals surface area contributed by atoms with Crippen molar-refractivity contribution in [1.82, 2.24) is 25.2 Å². The van der Waals surface area contributed by atoms with Crippen LogP contribution in [-0.2, 0) is 19.2 Å². The summed E-state index contributed by atoms with van der Waals surface area (Å²) < 4.78 is 0. The molecular formula is C18H18N8O6S3. The molecule has 0 aliphatic carbocycles. The van der Waals surface area contributed by atoms with E-state index in [0.717, 1.165) is 28.0 Å². The number of nitrogens with one attached hydrogen (secondary N) is 2. The molecule has 2 aromatic heterocycles. The Labute approximate surface area is 209 Å². The summed E-state index contributed by atoms with van der Waals surface area (Å²) in [6, 6.07) is 0.277. The van der Waals surface area contributed by atoms with Crippen LogP contribution in [0.25, 0.3) is 0 Å². The molecule has 1 saturated heterocycles. The number of thiazole rings is 1. The van der Waals surface area contributed by atoms with E-state index in [1.54, 1.807) is 0 Å². The molecule has 2 aliphatic rings. The van der Waals surface area contributed by atoms with Gasteiger partial charge in [0, 0.05) is 23.0 Å².